The topological polar surface area (TPSA) is 104 Å². The van der Waals surface area contributed by atoms with Crippen LogP contribution in [0.4, 0.5) is 5.69 Å². The molecule has 0 saturated carbocycles. The van der Waals surface area contributed by atoms with Gasteiger partial charge in [-0.3, -0.25) is 10.1 Å². The largest absolute Gasteiger partial charge is 0.502 e. The summed E-state index contributed by atoms with van der Waals surface area (Å²) in [5.41, 5.74) is -0.249. The van der Waals surface area contributed by atoms with Gasteiger partial charge in [0.25, 0.3) is 0 Å². The van der Waals surface area contributed by atoms with Crippen molar-refractivity contribution >= 4 is 18.3 Å². The van der Waals surface area contributed by atoms with Gasteiger partial charge in [-0.2, -0.15) is 12.6 Å². The molecule has 0 radical (unpaired) electrons. The Kier molecular flexibility index (Phi) is 4.11. The Labute approximate surface area is 96.7 Å². The molecule has 0 aliphatic rings. The monoisotopic (exact) mass is 245 g/mol. The van der Waals surface area contributed by atoms with Gasteiger partial charge in [0.1, 0.15) is 6.10 Å². The normalized spacial score (nSPS) is 14.4. The van der Waals surface area contributed by atoms with Crippen LogP contribution >= 0.6 is 12.6 Å². The molecule has 2 unspecified atom stereocenters. The van der Waals surface area contributed by atoms with E-state index < -0.39 is 28.6 Å². The summed E-state index contributed by atoms with van der Waals surface area (Å²) in [5, 5.41) is 38.6. The molecule has 6 nitrogen and oxygen atoms in total. The van der Waals surface area contributed by atoms with Gasteiger partial charge in [0, 0.05) is 11.8 Å². The highest BCUT2D eigenvalue weighted by Crippen LogP contribution is 2.29. The number of hydrogen-bond acceptors (Lipinski definition) is 6. The number of phenols is 1. The number of aromatic hydroxyl groups is 1. The molecule has 16 heavy (non-hydrogen) atoms. The lowest BCUT2D eigenvalue weighted by atomic mass is 10.0. The number of aliphatic hydroxyl groups is 2. The number of thiol groups is 1. The second kappa shape index (κ2) is 5.15. The van der Waals surface area contributed by atoms with E-state index in [1.54, 1.807) is 0 Å². The molecule has 0 aromatic heterocycles. The van der Waals surface area contributed by atoms with E-state index in [1.807, 2.05) is 0 Å². The van der Waals surface area contributed by atoms with Crippen LogP contribution in [0.2, 0.25) is 0 Å². The van der Waals surface area contributed by atoms with Crippen molar-refractivity contribution < 1.29 is 20.2 Å². The van der Waals surface area contributed by atoms with Crippen LogP contribution in [0, 0.1) is 10.1 Å². The van der Waals surface area contributed by atoms with Crippen molar-refractivity contribution in [1.82, 2.24) is 0 Å². The van der Waals surface area contributed by atoms with E-state index in [2.05, 4.69) is 12.6 Å². The summed E-state index contributed by atoms with van der Waals surface area (Å²) in [5.74, 6) is -0.508. The Balaban J connectivity index is 3.01. The highest BCUT2D eigenvalue weighted by Gasteiger charge is 2.20. The number of nitro benzene ring substituents is 1. The number of aliphatic hydroxyl groups excluding tert-OH is 2. The van der Waals surface area contributed by atoms with Crippen molar-refractivity contribution in [3.63, 3.8) is 0 Å². The van der Waals surface area contributed by atoms with Gasteiger partial charge in [-0.1, -0.05) is 0 Å². The minimum absolute atomic E-state index is 0.0406. The van der Waals surface area contributed by atoms with Crippen LogP contribution in [-0.4, -0.2) is 32.1 Å². The SMILES string of the molecule is O=[N+]([O-])c1ccc(C(O)C(O)CS)cc1O. The molecule has 0 heterocycles. The van der Waals surface area contributed by atoms with Gasteiger partial charge in [0.05, 0.1) is 11.0 Å². The molecule has 0 spiro atoms. The van der Waals surface area contributed by atoms with Gasteiger partial charge in [-0.25, -0.2) is 0 Å². The van der Waals surface area contributed by atoms with Gasteiger partial charge in [-0.05, 0) is 17.7 Å². The first kappa shape index (κ1) is 12.8. The maximum Gasteiger partial charge on any atom is 0.310 e. The van der Waals surface area contributed by atoms with Crippen molar-refractivity contribution in [2.75, 3.05) is 5.75 Å². The molecule has 0 aliphatic heterocycles. The molecule has 3 N–H and O–H groups in total. The van der Waals surface area contributed by atoms with Crippen LogP contribution < -0.4 is 0 Å². The minimum Gasteiger partial charge on any atom is -0.502 e. The van der Waals surface area contributed by atoms with Gasteiger partial charge in [-0.15, -0.1) is 0 Å². The summed E-state index contributed by atoms with van der Waals surface area (Å²) in [6.45, 7) is 0. The standard InChI is InChI=1S/C9H11NO5S/c11-7-3-5(9(13)8(12)4-16)1-2-6(7)10(14)15/h1-3,8-9,11-13,16H,4H2. The molecule has 7 heteroatoms. The second-order valence-corrected chi connectivity index (χ2v) is 3.57. The van der Waals surface area contributed by atoms with Crippen molar-refractivity contribution in [1.29, 1.82) is 0 Å². The van der Waals surface area contributed by atoms with E-state index in [4.69, 9.17) is 0 Å². The fraction of sp³-hybridized carbons (Fsp3) is 0.333. The number of nitro groups is 1. The zero-order valence-electron chi connectivity index (χ0n) is 8.15. The molecule has 88 valence electrons. The number of hydrogen-bond donors (Lipinski definition) is 4. The summed E-state index contributed by atoms with van der Waals surface area (Å²) in [6, 6.07) is 3.39. The average molecular weight is 245 g/mol. The van der Waals surface area contributed by atoms with Crippen molar-refractivity contribution in [2.45, 2.75) is 12.2 Å². The van der Waals surface area contributed by atoms with Crippen LogP contribution in [0.15, 0.2) is 18.2 Å². The molecule has 0 bridgehead atoms. The van der Waals surface area contributed by atoms with Gasteiger partial charge in [0.2, 0.25) is 0 Å². The van der Waals surface area contributed by atoms with Gasteiger partial charge in [0.15, 0.2) is 5.75 Å². The summed E-state index contributed by atoms with van der Waals surface area (Å²) in [4.78, 5) is 9.68. The third-order valence-corrected chi connectivity index (χ3v) is 2.46. The minimum atomic E-state index is -1.23. The molecule has 1 aromatic rings. The predicted molar refractivity (Wildman–Crippen MR) is 59.6 cm³/mol. The maximum absolute atomic E-state index is 10.4. The molecule has 1 rings (SSSR count). The third kappa shape index (κ3) is 2.63. The third-order valence-electron chi connectivity index (χ3n) is 2.09. The molecular weight excluding hydrogens is 234 g/mol. The summed E-state index contributed by atoms with van der Waals surface area (Å²) in [7, 11) is 0. The summed E-state index contributed by atoms with van der Waals surface area (Å²) in [6.07, 6.45) is -2.33. The van der Waals surface area contributed by atoms with E-state index in [-0.39, 0.29) is 11.3 Å². The van der Waals surface area contributed by atoms with E-state index in [0.717, 1.165) is 12.1 Å². The Hall–Kier alpha value is -1.31. The van der Waals surface area contributed by atoms with E-state index in [9.17, 15) is 25.4 Å². The van der Waals surface area contributed by atoms with Crippen LogP contribution in [0.3, 0.4) is 0 Å². The fourth-order valence-electron chi connectivity index (χ4n) is 1.20. The Morgan fingerprint density at radius 2 is 2.06 bits per heavy atom. The summed E-state index contributed by atoms with van der Waals surface area (Å²) >= 11 is 3.80. The van der Waals surface area contributed by atoms with Crippen molar-refractivity contribution in [2.24, 2.45) is 0 Å². The average Bonchev–Trinajstić information content (AvgIpc) is 2.26. The zero-order chi connectivity index (χ0) is 12.3. The highest BCUT2D eigenvalue weighted by molar-refractivity contribution is 7.80. The number of phenolic OH excluding ortho intramolecular Hbond substituents is 1. The lowest BCUT2D eigenvalue weighted by Gasteiger charge is -2.15. The molecule has 2 atom stereocenters. The lowest BCUT2D eigenvalue weighted by molar-refractivity contribution is -0.385. The highest BCUT2D eigenvalue weighted by atomic mass is 32.1. The second-order valence-electron chi connectivity index (χ2n) is 3.20. The Morgan fingerprint density at radius 1 is 1.44 bits per heavy atom. The first-order valence-corrected chi connectivity index (χ1v) is 5.05. The predicted octanol–water partition coefficient (Wildman–Crippen LogP) is 0.624. The Bertz CT molecular complexity index is 397. The molecule has 0 fully saturated rings. The van der Waals surface area contributed by atoms with Crippen molar-refractivity contribution in [3.8, 4) is 5.75 Å². The molecule has 0 saturated heterocycles. The van der Waals surface area contributed by atoms with E-state index >= 15 is 0 Å². The molecular formula is C9H11NO5S. The fourth-order valence-corrected chi connectivity index (χ4v) is 1.40. The maximum atomic E-state index is 10.4. The van der Waals surface area contributed by atoms with E-state index in [1.165, 1.54) is 6.07 Å². The van der Waals surface area contributed by atoms with Gasteiger partial charge < -0.3 is 15.3 Å². The molecule has 0 amide bonds. The van der Waals surface area contributed by atoms with Crippen LogP contribution in [0.25, 0.3) is 0 Å². The smallest absolute Gasteiger partial charge is 0.310 e. The molecule has 0 aliphatic carbocycles. The first-order chi connectivity index (χ1) is 7.47. The first-order valence-electron chi connectivity index (χ1n) is 4.41. The van der Waals surface area contributed by atoms with Crippen LogP contribution in [0.1, 0.15) is 11.7 Å². The summed E-state index contributed by atoms with van der Waals surface area (Å²) < 4.78 is 0. The molecule has 1 aromatic carbocycles. The lowest BCUT2D eigenvalue weighted by Crippen LogP contribution is -2.19. The quantitative estimate of drug-likeness (QED) is 0.354. The van der Waals surface area contributed by atoms with Crippen LogP contribution in [0.5, 0.6) is 5.75 Å². The van der Waals surface area contributed by atoms with E-state index in [0.29, 0.717) is 0 Å². The number of benzene rings is 1. The zero-order valence-corrected chi connectivity index (χ0v) is 9.04. The van der Waals surface area contributed by atoms with Gasteiger partial charge >= 0.3 is 5.69 Å². The van der Waals surface area contributed by atoms with Crippen molar-refractivity contribution in [3.05, 3.63) is 33.9 Å². The number of nitrogens with zero attached hydrogens (tertiary/aromatic N) is 1. The van der Waals surface area contributed by atoms with Crippen LogP contribution in [-0.2, 0) is 0 Å². The Morgan fingerprint density at radius 3 is 2.50 bits per heavy atom. The number of rotatable bonds is 4.